The number of rotatable bonds is 2. The largest absolute Gasteiger partial charge is 0.368 e. The van der Waals surface area contributed by atoms with Gasteiger partial charge in [0.2, 0.25) is 0 Å². The third-order valence-corrected chi connectivity index (χ3v) is 4.79. The van der Waals surface area contributed by atoms with Crippen LogP contribution in [0.5, 0.6) is 0 Å². The van der Waals surface area contributed by atoms with E-state index in [0.717, 1.165) is 29.4 Å². The van der Waals surface area contributed by atoms with Crippen molar-refractivity contribution in [3.05, 3.63) is 59.0 Å². The molecule has 0 bridgehead atoms. The van der Waals surface area contributed by atoms with E-state index in [-0.39, 0.29) is 5.91 Å². The monoisotopic (exact) mass is 355 g/mol. The third kappa shape index (κ3) is 3.05. The number of carbonyl (C=O) groups excluding carboxylic acids is 1. The number of aryl methyl sites for hydroxylation is 1. The summed E-state index contributed by atoms with van der Waals surface area (Å²) in [6.07, 6.45) is 3.41. The standard InChI is InChI=1S/C18H18ClN5O/c1-13-2-3-14(19)12-16(13)22-8-10-23(11-9-22)18(25)15-4-5-17-20-6-7-24(17)21-15/h2-7,12H,8-11H2,1H3. The lowest BCUT2D eigenvalue weighted by Crippen LogP contribution is -2.49. The second kappa shape index (κ2) is 6.37. The van der Waals surface area contributed by atoms with Crippen LogP contribution in [0.25, 0.3) is 5.65 Å². The van der Waals surface area contributed by atoms with Gasteiger partial charge in [0.15, 0.2) is 5.65 Å². The predicted octanol–water partition coefficient (Wildman–Crippen LogP) is 2.65. The van der Waals surface area contributed by atoms with Crippen LogP contribution in [0.2, 0.25) is 5.02 Å². The molecule has 1 amide bonds. The van der Waals surface area contributed by atoms with Crippen LogP contribution in [-0.4, -0.2) is 51.6 Å². The maximum Gasteiger partial charge on any atom is 0.274 e. The van der Waals surface area contributed by atoms with E-state index in [1.165, 1.54) is 5.56 Å². The molecule has 0 N–H and O–H groups in total. The summed E-state index contributed by atoms with van der Waals surface area (Å²) in [5.41, 5.74) is 3.50. The Morgan fingerprint density at radius 1 is 1.12 bits per heavy atom. The molecule has 1 fully saturated rings. The van der Waals surface area contributed by atoms with Gasteiger partial charge in [0.25, 0.3) is 5.91 Å². The number of nitrogens with zero attached hydrogens (tertiary/aromatic N) is 5. The van der Waals surface area contributed by atoms with Crippen LogP contribution in [-0.2, 0) is 0 Å². The van der Waals surface area contributed by atoms with Gasteiger partial charge in [-0.15, -0.1) is 0 Å². The van der Waals surface area contributed by atoms with Gasteiger partial charge < -0.3 is 9.80 Å². The Hall–Kier alpha value is -2.60. The summed E-state index contributed by atoms with van der Waals surface area (Å²) in [4.78, 5) is 21.0. The molecule has 1 aliphatic heterocycles. The van der Waals surface area contributed by atoms with Crippen molar-refractivity contribution in [1.29, 1.82) is 0 Å². The van der Waals surface area contributed by atoms with E-state index in [1.807, 2.05) is 29.2 Å². The van der Waals surface area contributed by atoms with Gasteiger partial charge in [-0.25, -0.2) is 9.50 Å². The van der Waals surface area contributed by atoms with Gasteiger partial charge >= 0.3 is 0 Å². The molecule has 3 heterocycles. The van der Waals surface area contributed by atoms with Crippen LogP contribution in [0, 0.1) is 6.92 Å². The Morgan fingerprint density at radius 3 is 2.72 bits per heavy atom. The van der Waals surface area contributed by atoms with Crippen LogP contribution >= 0.6 is 11.6 Å². The zero-order chi connectivity index (χ0) is 17.4. The molecule has 0 unspecified atom stereocenters. The fourth-order valence-corrected chi connectivity index (χ4v) is 3.33. The molecule has 3 aromatic rings. The molecule has 25 heavy (non-hydrogen) atoms. The number of carbonyl (C=O) groups is 1. The van der Waals surface area contributed by atoms with Crippen LogP contribution < -0.4 is 4.90 Å². The number of fused-ring (bicyclic) bond motifs is 1. The number of benzene rings is 1. The van der Waals surface area contributed by atoms with Crippen molar-refractivity contribution in [2.24, 2.45) is 0 Å². The number of amides is 1. The lowest BCUT2D eigenvalue weighted by atomic mass is 10.1. The Morgan fingerprint density at radius 2 is 1.92 bits per heavy atom. The normalized spacial score (nSPS) is 15.0. The third-order valence-electron chi connectivity index (χ3n) is 4.55. The van der Waals surface area contributed by atoms with Crippen molar-refractivity contribution in [2.45, 2.75) is 6.92 Å². The first-order chi connectivity index (χ1) is 12.1. The summed E-state index contributed by atoms with van der Waals surface area (Å²) in [6.45, 7) is 4.96. The minimum absolute atomic E-state index is 0.0435. The second-order valence-corrected chi connectivity index (χ2v) is 6.60. The van der Waals surface area contributed by atoms with Gasteiger partial charge in [-0.2, -0.15) is 5.10 Å². The Kier molecular flexibility index (Phi) is 4.05. The van der Waals surface area contributed by atoms with E-state index < -0.39 is 0 Å². The number of hydrogen-bond donors (Lipinski definition) is 0. The van der Waals surface area contributed by atoms with Crippen molar-refractivity contribution < 1.29 is 4.79 Å². The predicted molar refractivity (Wildman–Crippen MR) is 97.3 cm³/mol. The highest BCUT2D eigenvalue weighted by Gasteiger charge is 2.24. The number of halogens is 1. The van der Waals surface area contributed by atoms with E-state index in [1.54, 1.807) is 23.0 Å². The van der Waals surface area contributed by atoms with Crippen LogP contribution in [0.3, 0.4) is 0 Å². The van der Waals surface area contributed by atoms with Gasteiger partial charge in [-0.3, -0.25) is 4.79 Å². The molecule has 4 rings (SSSR count). The zero-order valence-electron chi connectivity index (χ0n) is 13.9. The summed E-state index contributed by atoms with van der Waals surface area (Å²) in [5.74, 6) is -0.0435. The van der Waals surface area contributed by atoms with Crippen molar-refractivity contribution in [1.82, 2.24) is 19.5 Å². The van der Waals surface area contributed by atoms with E-state index >= 15 is 0 Å². The minimum Gasteiger partial charge on any atom is -0.368 e. The fraction of sp³-hybridized carbons (Fsp3) is 0.278. The molecule has 0 saturated carbocycles. The topological polar surface area (TPSA) is 53.7 Å². The quantitative estimate of drug-likeness (QED) is 0.709. The van der Waals surface area contributed by atoms with Crippen molar-refractivity contribution >= 4 is 28.8 Å². The molecule has 1 aliphatic rings. The van der Waals surface area contributed by atoms with Crippen molar-refractivity contribution in [3.8, 4) is 0 Å². The first-order valence-corrected chi connectivity index (χ1v) is 8.60. The second-order valence-electron chi connectivity index (χ2n) is 6.16. The molecular formula is C18H18ClN5O. The summed E-state index contributed by atoms with van der Waals surface area (Å²) in [5, 5.41) is 5.08. The van der Waals surface area contributed by atoms with E-state index in [9.17, 15) is 4.79 Å². The van der Waals surface area contributed by atoms with Crippen molar-refractivity contribution in [3.63, 3.8) is 0 Å². The van der Waals surface area contributed by atoms with Crippen LogP contribution in [0.1, 0.15) is 16.1 Å². The van der Waals surface area contributed by atoms with Gasteiger partial charge in [-0.05, 0) is 36.8 Å². The minimum atomic E-state index is -0.0435. The smallest absolute Gasteiger partial charge is 0.274 e. The molecule has 0 radical (unpaired) electrons. The van der Waals surface area contributed by atoms with Crippen molar-refractivity contribution in [2.75, 3.05) is 31.1 Å². The molecule has 7 heteroatoms. The van der Waals surface area contributed by atoms with Gasteiger partial charge in [-0.1, -0.05) is 17.7 Å². The Bertz CT molecular complexity index is 930. The maximum absolute atomic E-state index is 12.7. The maximum atomic E-state index is 12.7. The SMILES string of the molecule is Cc1ccc(Cl)cc1N1CCN(C(=O)c2ccc3nccn3n2)CC1. The summed E-state index contributed by atoms with van der Waals surface area (Å²) >= 11 is 6.13. The lowest BCUT2D eigenvalue weighted by molar-refractivity contribution is 0.0739. The highest BCUT2D eigenvalue weighted by atomic mass is 35.5. The molecule has 128 valence electrons. The zero-order valence-corrected chi connectivity index (χ0v) is 14.6. The number of hydrogen-bond acceptors (Lipinski definition) is 4. The molecule has 0 spiro atoms. The number of anilines is 1. The van der Waals surface area contributed by atoms with Gasteiger partial charge in [0.1, 0.15) is 5.69 Å². The van der Waals surface area contributed by atoms with Crippen LogP contribution in [0.15, 0.2) is 42.7 Å². The Balaban J connectivity index is 1.47. The summed E-state index contributed by atoms with van der Waals surface area (Å²) < 4.78 is 1.62. The summed E-state index contributed by atoms with van der Waals surface area (Å²) in [7, 11) is 0. The number of piperazine rings is 1. The fourth-order valence-electron chi connectivity index (χ4n) is 3.16. The Labute approximate surface area is 150 Å². The first kappa shape index (κ1) is 15.9. The highest BCUT2D eigenvalue weighted by molar-refractivity contribution is 6.30. The average Bonchev–Trinajstić information content (AvgIpc) is 3.11. The first-order valence-electron chi connectivity index (χ1n) is 8.22. The molecule has 2 aromatic heterocycles. The van der Waals surface area contributed by atoms with Crippen LogP contribution in [0.4, 0.5) is 5.69 Å². The van der Waals surface area contributed by atoms with Gasteiger partial charge in [0.05, 0.1) is 0 Å². The molecule has 0 aliphatic carbocycles. The molecule has 1 aromatic carbocycles. The van der Waals surface area contributed by atoms with E-state index in [0.29, 0.717) is 18.8 Å². The average molecular weight is 356 g/mol. The lowest BCUT2D eigenvalue weighted by Gasteiger charge is -2.36. The number of imidazole rings is 1. The molecular weight excluding hydrogens is 338 g/mol. The highest BCUT2D eigenvalue weighted by Crippen LogP contribution is 2.25. The molecule has 6 nitrogen and oxygen atoms in total. The number of aromatic nitrogens is 3. The summed E-state index contributed by atoms with van der Waals surface area (Å²) in [6, 6.07) is 9.46. The molecule has 1 saturated heterocycles. The van der Waals surface area contributed by atoms with E-state index in [2.05, 4.69) is 21.9 Å². The van der Waals surface area contributed by atoms with E-state index in [4.69, 9.17) is 11.6 Å². The molecule has 0 atom stereocenters. The van der Waals surface area contributed by atoms with Gasteiger partial charge in [0, 0.05) is 49.3 Å².